The van der Waals surface area contributed by atoms with Gasteiger partial charge in [0.05, 0.1) is 16.8 Å². The first-order valence-electron chi connectivity index (χ1n) is 10.1. The highest BCUT2D eigenvalue weighted by atomic mass is 16.6. The maximum Gasteiger partial charge on any atom is 0.340 e. The van der Waals surface area contributed by atoms with Gasteiger partial charge in [0.15, 0.2) is 18.1 Å². The minimum atomic E-state index is -0.547. The molecule has 1 aliphatic heterocycles. The summed E-state index contributed by atoms with van der Waals surface area (Å²) in [7, 11) is 1.67. The maximum absolute atomic E-state index is 12.7. The van der Waals surface area contributed by atoms with Gasteiger partial charge in [-0.05, 0) is 43.2 Å². The first-order valence-corrected chi connectivity index (χ1v) is 10.1. The number of pyridine rings is 1. The second-order valence-corrected chi connectivity index (χ2v) is 7.52. The molecule has 0 fully saturated rings. The Labute approximate surface area is 180 Å². The summed E-state index contributed by atoms with van der Waals surface area (Å²) in [6.07, 6.45) is 0. The zero-order valence-electron chi connectivity index (χ0n) is 17.8. The third kappa shape index (κ3) is 4.30. The summed E-state index contributed by atoms with van der Waals surface area (Å²) in [5, 5.41) is 0.891. The van der Waals surface area contributed by atoms with Crippen LogP contribution >= 0.6 is 0 Å². The van der Waals surface area contributed by atoms with E-state index in [0.29, 0.717) is 42.5 Å². The SMILES string of the molecule is Cc1nc2ccccc2c(C)c1C(=O)OCC(=O)N(C)Cc1ccc2c(c1)OCCO2. The van der Waals surface area contributed by atoms with E-state index in [1.54, 1.807) is 14.0 Å². The number of nitrogens with zero attached hydrogens (tertiary/aromatic N) is 2. The van der Waals surface area contributed by atoms with Crippen molar-refractivity contribution in [3.63, 3.8) is 0 Å². The van der Waals surface area contributed by atoms with Crippen molar-refractivity contribution in [3.05, 3.63) is 64.8 Å². The predicted octanol–water partition coefficient (Wildman–Crippen LogP) is 3.44. The predicted molar refractivity (Wildman–Crippen MR) is 115 cm³/mol. The van der Waals surface area contributed by atoms with E-state index in [1.165, 1.54) is 4.90 Å². The van der Waals surface area contributed by atoms with Crippen molar-refractivity contribution in [1.29, 1.82) is 0 Å². The van der Waals surface area contributed by atoms with Crippen molar-refractivity contribution in [2.24, 2.45) is 0 Å². The Bertz CT molecular complexity index is 1160. The summed E-state index contributed by atoms with van der Waals surface area (Å²) in [4.78, 5) is 31.2. The van der Waals surface area contributed by atoms with E-state index in [9.17, 15) is 9.59 Å². The lowest BCUT2D eigenvalue weighted by Crippen LogP contribution is -2.31. The standard InChI is InChI=1S/C24H24N2O5/c1-15-18-6-4-5-7-19(18)25-16(2)23(15)24(28)31-14-22(27)26(3)13-17-8-9-20-21(12-17)30-11-10-29-20/h4-9,12H,10-11,13-14H2,1-3H3. The van der Waals surface area contributed by atoms with E-state index in [0.717, 1.165) is 22.0 Å². The minimum Gasteiger partial charge on any atom is -0.486 e. The molecular formula is C24H24N2O5. The van der Waals surface area contributed by atoms with Crippen LogP contribution < -0.4 is 9.47 Å². The monoisotopic (exact) mass is 420 g/mol. The second kappa shape index (κ2) is 8.63. The molecule has 0 bridgehead atoms. The van der Waals surface area contributed by atoms with Crippen LogP contribution in [0.1, 0.15) is 27.2 Å². The lowest BCUT2D eigenvalue weighted by molar-refractivity contribution is -0.133. The molecule has 0 aliphatic carbocycles. The smallest absolute Gasteiger partial charge is 0.340 e. The maximum atomic E-state index is 12.7. The lowest BCUT2D eigenvalue weighted by Gasteiger charge is -2.21. The zero-order chi connectivity index (χ0) is 22.0. The van der Waals surface area contributed by atoms with Crippen LogP contribution in [0.5, 0.6) is 11.5 Å². The zero-order valence-corrected chi connectivity index (χ0v) is 17.8. The number of rotatable bonds is 5. The van der Waals surface area contributed by atoms with Gasteiger partial charge in [-0.1, -0.05) is 24.3 Å². The van der Waals surface area contributed by atoms with E-state index in [2.05, 4.69) is 4.98 Å². The van der Waals surface area contributed by atoms with Gasteiger partial charge in [-0.15, -0.1) is 0 Å². The van der Waals surface area contributed by atoms with E-state index < -0.39 is 5.97 Å². The van der Waals surface area contributed by atoms with E-state index in [4.69, 9.17) is 14.2 Å². The number of amides is 1. The lowest BCUT2D eigenvalue weighted by atomic mass is 10.0. The number of esters is 1. The van der Waals surface area contributed by atoms with Gasteiger partial charge in [-0.2, -0.15) is 0 Å². The van der Waals surface area contributed by atoms with Gasteiger partial charge < -0.3 is 19.1 Å². The van der Waals surface area contributed by atoms with Crippen LogP contribution in [-0.4, -0.2) is 48.6 Å². The number of likely N-dealkylation sites (N-methyl/N-ethyl adjacent to an activating group) is 1. The fourth-order valence-corrected chi connectivity index (χ4v) is 3.69. The molecular weight excluding hydrogens is 396 g/mol. The van der Waals surface area contributed by atoms with Gasteiger partial charge in [0, 0.05) is 19.0 Å². The van der Waals surface area contributed by atoms with Crippen LogP contribution in [0.2, 0.25) is 0 Å². The van der Waals surface area contributed by atoms with Crippen molar-refractivity contribution in [1.82, 2.24) is 9.88 Å². The number of aryl methyl sites for hydroxylation is 2. The van der Waals surface area contributed by atoms with Gasteiger partial charge >= 0.3 is 5.97 Å². The Morgan fingerprint density at radius 3 is 2.61 bits per heavy atom. The first kappa shape index (κ1) is 20.7. The summed E-state index contributed by atoms with van der Waals surface area (Å²) in [6, 6.07) is 13.2. The molecule has 1 amide bonds. The molecule has 7 heteroatoms. The number of benzene rings is 2. The summed E-state index contributed by atoms with van der Waals surface area (Å²) >= 11 is 0. The molecule has 4 rings (SSSR count). The van der Waals surface area contributed by atoms with E-state index >= 15 is 0 Å². The normalized spacial score (nSPS) is 12.5. The van der Waals surface area contributed by atoms with Crippen molar-refractivity contribution in [2.45, 2.75) is 20.4 Å². The molecule has 7 nitrogen and oxygen atoms in total. The quantitative estimate of drug-likeness (QED) is 0.589. The van der Waals surface area contributed by atoms with Crippen LogP contribution in [0.15, 0.2) is 42.5 Å². The van der Waals surface area contributed by atoms with Crippen LogP contribution in [-0.2, 0) is 16.1 Å². The van der Waals surface area contributed by atoms with Crippen molar-refractivity contribution in [2.75, 3.05) is 26.9 Å². The summed E-state index contributed by atoms with van der Waals surface area (Å²) < 4.78 is 16.4. The minimum absolute atomic E-state index is 0.299. The van der Waals surface area contributed by atoms with Gasteiger partial charge in [-0.3, -0.25) is 9.78 Å². The van der Waals surface area contributed by atoms with Crippen LogP contribution in [0.3, 0.4) is 0 Å². The third-order valence-electron chi connectivity index (χ3n) is 5.32. The van der Waals surface area contributed by atoms with E-state index in [1.807, 2.05) is 49.4 Å². The molecule has 31 heavy (non-hydrogen) atoms. The van der Waals surface area contributed by atoms with Gasteiger partial charge in [-0.25, -0.2) is 4.79 Å². The average molecular weight is 420 g/mol. The second-order valence-electron chi connectivity index (χ2n) is 7.52. The number of aromatic nitrogens is 1. The summed E-state index contributed by atoms with van der Waals surface area (Å²) in [5.41, 5.74) is 3.51. The van der Waals surface area contributed by atoms with Gasteiger partial charge in [0.2, 0.25) is 0 Å². The van der Waals surface area contributed by atoms with Gasteiger partial charge in [0.25, 0.3) is 5.91 Å². The number of ether oxygens (including phenoxy) is 3. The van der Waals surface area contributed by atoms with Crippen molar-refractivity contribution in [3.8, 4) is 11.5 Å². The third-order valence-corrected chi connectivity index (χ3v) is 5.32. The molecule has 0 N–H and O–H groups in total. The van der Waals surface area contributed by atoms with Crippen LogP contribution in [0.4, 0.5) is 0 Å². The summed E-state index contributed by atoms with van der Waals surface area (Å²) in [6.45, 7) is 4.69. The number of para-hydroxylation sites is 1. The number of carbonyl (C=O) groups excluding carboxylic acids is 2. The number of hydrogen-bond donors (Lipinski definition) is 0. The van der Waals surface area contributed by atoms with E-state index in [-0.39, 0.29) is 12.5 Å². The Hall–Kier alpha value is -3.61. The molecule has 0 unspecified atom stereocenters. The number of hydrogen-bond acceptors (Lipinski definition) is 6. The fourth-order valence-electron chi connectivity index (χ4n) is 3.69. The molecule has 1 aromatic heterocycles. The molecule has 2 heterocycles. The Morgan fingerprint density at radius 1 is 1.06 bits per heavy atom. The largest absolute Gasteiger partial charge is 0.486 e. The molecule has 160 valence electrons. The Balaban J connectivity index is 1.40. The Morgan fingerprint density at radius 2 is 1.81 bits per heavy atom. The molecule has 0 atom stereocenters. The highest BCUT2D eigenvalue weighted by Crippen LogP contribution is 2.31. The Kier molecular flexibility index (Phi) is 5.75. The molecule has 3 aromatic rings. The van der Waals surface area contributed by atoms with Crippen molar-refractivity contribution < 1.29 is 23.8 Å². The molecule has 0 spiro atoms. The average Bonchev–Trinajstić information content (AvgIpc) is 2.77. The van der Waals surface area contributed by atoms with Crippen molar-refractivity contribution >= 4 is 22.8 Å². The molecule has 2 aromatic carbocycles. The number of carbonyl (C=O) groups is 2. The highest BCUT2D eigenvalue weighted by molar-refractivity contribution is 5.99. The molecule has 0 radical (unpaired) electrons. The summed E-state index contributed by atoms with van der Waals surface area (Å²) in [5.74, 6) is 0.528. The van der Waals surface area contributed by atoms with Crippen LogP contribution in [0, 0.1) is 13.8 Å². The van der Waals surface area contributed by atoms with Crippen LogP contribution in [0.25, 0.3) is 10.9 Å². The first-order chi connectivity index (χ1) is 14.9. The number of fused-ring (bicyclic) bond motifs is 2. The fraction of sp³-hybridized carbons (Fsp3) is 0.292. The molecule has 1 aliphatic rings. The topological polar surface area (TPSA) is 78.0 Å². The van der Waals surface area contributed by atoms with Gasteiger partial charge in [0.1, 0.15) is 13.2 Å². The molecule has 0 saturated heterocycles. The molecule has 0 saturated carbocycles. The highest BCUT2D eigenvalue weighted by Gasteiger charge is 2.20.